The quantitative estimate of drug-likeness (QED) is 0.234. The third-order valence-corrected chi connectivity index (χ3v) is 6.57. The van der Waals surface area contributed by atoms with Gasteiger partial charge in [-0.05, 0) is 30.2 Å². The van der Waals surface area contributed by atoms with Crippen LogP contribution in [0, 0.1) is 0 Å². The fourth-order valence-corrected chi connectivity index (χ4v) is 4.55. The number of methoxy groups -OCH3 is 1. The number of carboxylic acids is 1. The molecule has 8 heteroatoms. The second-order valence-electron chi connectivity index (χ2n) is 8.61. The Morgan fingerprint density at radius 1 is 0.971 bits per heavy atom. The van der Waals surface area contributed by atoms with Crippen LogP contribution in [0.4, 0.5) is 0 Å². The van der Waals surface area contributed by atoms with Gasteiger partial charge in [0.15, 0.2) is 11.3 Å². The normalized spacial score (nSPS) is 14.1. The van der Waals surface area contributed by atoms with E-state index in [0.717, 1.165) is 38.8 Å². The van der Waals surface area contributed by atoms with Crippen LogP contribution in [0.15, 0.2) is 48.5 Å². The first-order valence-electron chi connectivity index (χ1n) is 11.0. The van der Waals surface area contributed by atoms with Crippen LogP contribution < -0.4 is 5.73 Å². The zero-order valence-corrected chi connectivity index (χ0v) is 19.3. The fraction of sp³-hybridized carbons (Fsp3) is 0.269. The summed E-state index contributed by atoms with van der Waals surface area (Å²) >= 11 is 0. The van der Waals surface area contributed by atoms with Gasteiger partial charge in [-0.2, -0.15) is 0 Å². The molecule has 0 aliphatic heterocycles. The standard InChI is InChI=1S/C26H27N3O5/c1-14(23-18(12-22(31)34-3)16-8-4-6-10-20(16)28-23)24-19(13-26(27,15(2)30)25(32)33)17-9-5-7-11-21(17)29-24/h4-11,14,28-29H,12-13,27H2,1-3H3,(H,32,33)/t14?,26-/m1/s1. The van der Waals surface area contributed by atoms with E-state index in [1.807, 2.05) is 55.5 Å². The lowest BCUT2D eigenvalue weighted by Gasteiger charge is -2.23. The van der Waals surface area contributed by atoms with Crippen molar-refractivity contribution in [3.8, 4) is 0 Å². The van der Waals surface area contributed by atoms with Crippen molar-refractivity contribution in [1.29, 1.82) is 0 Å². The van der Waals surface area contributed by atoms with Crippen LogP contribution in [0.1, 0.15) is 42.3 Å². The molecular weight excluding hydrogens is 434 g/mol. The maximum atomic E-state index is 12.3. The SMILES string of the molecule is COC(=O)Cc1c(C(C)c2[nH]c3ccccc3c2C[C@@](N)(C(C)=O)C(=O)O)[nH]c2ccccc12. The summed E-state index contributed by atoms with van der Waals surface area (Å²) in [6.45, 7) is 3.16. The van der Waals surface area contributed by atoms with Crippen molar-refractivity contribution in [3.05, 3.63) is 71.0 Å². The molecule has 0 spiro atoms. The van der Waals surface area contributed by atoms with Gasteiger partial charge >= 0.3 is 11.9 Å². The topological polar surface area (TPSA) is 138 Å². The minimum absolute atomic E-state index is 0.0825. The molecule has 0 fully saturated rings. The molecule has 5 N–H and O–H groups in total. The van der Waals surface area contributed by atoms with E-state index in [-0.39, 0.29) is 24.7 Å². The molecule has 0 radical (unpaired) electrons. The average molecular weight is 462 g/mol. The molecule has 0 amide bonds. The van der Waals surface area contributed by atoms with E-state index in [1.54, 1.807) is 0 Å². The van der Waals surface area contributed by atoms with Crippen LogP contribution >= 0.6 is 0 Å². The molecule has 2 atom stereocenters. The highest BCUT2D eigenvalue weighted by Crippen LogP contribution is 2.37. The Hall–Kier alpha value is -3.91. The highest BCUT2D eigenvalue weighted by Gasteiger charge is 2.41. The van der Waals surface area contributed by atoms with Crippen molar-refractivity contribution < 1.29 is 24.2 Å². The van der Waals surface area contributed by atoms with Crippen molar-refractivity contribution in [2.45, 2.75) is 38.1 Å². The van der Waals surface area contributed by atoms with E-state index in [1.165, 1.54) is 14.0 Å². The monoisotopic (exact) mass is 461 g/mol. The number of carboxylic acid groups (broad SMARTS) is 1. The Labute approximate surface area is 196 Å². The molecule has 0 aliphatic carbocycles. The second-order valence-corrected chi connectivity index (χ2v) is 8.61. The number of esters is 1. The van der Waals surface area contributed by atoms with E-state index in [2.05, 4.69) is 9.97 Å². The van der Waals surface area contributed by atoms with Gasteiger partial charge in [-0.3, -0.25) is 9.59 Å². The summed E-state index contributed by atoms with van der Waals surface area (Å²) in [6.07, 6.45) is -0.0902. The van der Waals surface area contributed by atoms with Gasteiger partial charge in [-0.15, -0.1) is 0 Å². The number of para-hydroxylation sites is 2. The number of fused-ring (bicyclic) bond motifs is 2. The third kappa shape index (κ3) is 3.86. The number of nitrogens with two attached hydrogens (primary N) is 1. The minimum atomic E-state index is -2.06. The molecule has 0 saturated heterocycles. The molecular formula is C26H27N3O5. The lowest BCUT2D eigenvalue weighted by atomic mass is 9.84. The van der Waals surface area contributed by atoms with Gasteiger partial charge in [0.25, 0.3) is 0 Å². The van der Waals surface area contributed by atoms with E-state index >= 15 is 0 Å². The molecule has 4 aromatic rings. The van der Waals surface area contributed by atoms with Crippen molar-refractivity contribution in [1.82, 2.24) is 9.97 Å². The number of rotatable bonds is 8. The van der Waals surface area contributed by atoms with Gasteiger partial charge in [0.2, 0.25) is 0 Å². The van der Waals surface area contributed by atoms with Crippen LogP contribution in [0.2, 0.25) is 0 Å². The fourth-order valence-electron chi connectivity index (χ4n) is 4.55. The van der Waals surface area contributed by atoms with Crippen molar-refractivity contribution in [2.24, 2.45) is 5.73 Å². The lowest BCUT2D eigenvalue weighted by molar-refractivity contribution is -0.147. The Bertz CT molecular complexity index is 1400. The number of carbonyl (C=O) groups excluding carboxylic acids is 2. The number of benzene rings is 2. The average Bonchev–Trinajstić information content (AvgIpc) is 3.37. The molecule has 0 aliphatic rings. The van der Waals surface area contributed by atoms with Gasteiger partial charge in [0.05, 0.1) is 13.5 Å². The lowest BCUT2D eigenvalue weighted by Crippen LogP contribution is -2.55. The Balaban J connectivity index is 1.91. The number of aliphatic carboxylic acids is 1. The summed E-state index contributed by atoms with van der Waals surface area (Å²) in [5.74, 6) is -2.65. The number of H-pyrrole nitrogens is 2. The summed E-state index contributed by atoms with van der Waals surface area (Å²) in [7, 11) is 1.35. The van der Waals surface area contributed by atoms with E-state index in [0.29, 0.717) is 5.56 Å². The van der Waals surface area contributed by atoms with E-state index in [4.69, 9.17) is 10.5 Å². The van der Waals surface area contributed by atoms with Gasteiger partial charge in [0, 0.05) is 45.5 Å². The molecule has 4 rings (SSSR count). The number of hydrogen-bond acceptors (Lipinski definition) is 5. The number of nitrogens with one attached hydrogen (secondary N) is 2. The number of ether oxygens (including phenoxy) is 1. The zero-order chi connectivity index (χ0) is 24.6. The number of carbonyl (C=O) groups is 3. The van der Waals surface area contributed by atoms with E-state index < -0.39 is 17.3 Å². The van der Waals surface area contributed by atoms with Crippen LogP contribution in [0.3, 0.4) is 0 Å². The predicted octanol–water partition coefficient (Wildman–Crippen LogP) is 3.43. The summed E-state index contributed by atoms with van der Waals surface area (Å²) in [4.78, 5) is 43.3. The maximum absolute atomic E-state index is 12.3. The Morgan fingerprint density at radius 3 is 1.97 bits per heavy atom. The van der Waals surface area contributed by atoms with Crippen LogP contribution in [-0.4, -0.2) is 45.4 Å². The van der Waals surface area contributed by atoms with Crippen LogP contribution in [0.25, 0.3) is 21.8 Å². The molecule has 8 nitrogen and oxygen atoms in total. The van der Waals surface area contributed by atoms with Crippen molar-refractivity contribution in [3.63, 3.8) is 0 Å². The molecule has 34 heavy (non-hydrogen) atoms. The first kappa shape index (κ1) is 23.3. The summed E-state index contributed by atoms with van der Waals surface area (Å²) in [5.41, 5.74) is 8.75. The third-order valence-electron chi connectivity index (χ3n) is 6.57. The zero-order valence-electron chi connectivity index (χ0n) is 19.3. The van der Waals surface area contributed by atoms with E-state index in [9.17, 15) is 19.5 Å². The second kappa shape index (κ2) is 8.79. The van der Waals surface area contributed by atoms with Crippen molar-refractivity contribution in [2.75, 3.05) is 7.11 Å². The van der Waals surface area contributed by atoms with Gasteiger partial charge in [-0.1, -0.05) is 43.3 Å². The predicted molar refractivity (Wildman–Crippen MR) is 129 cm³/mol. The maximum Gasteiger partial charge on any atom is 0.331 e. The molecule has 0 saturated carbocycles. The molecule has 1 unspecified atom stereocenters. The number of ketones is 1. The number of aromatic nitrogens is 2. The smallest absolute Gasteiger partial charge is 0.331 e. The van der Waals surface area contributed by atoms with Crippen LogP contribution in [-0.2, 0) is 32.0 Å². The first-order chi connectivity index (χ1) is 16.2. The molecule has 2 aromatic heterocycles. The Morgan fingerprint density at radius 2 is 1.47 bits per heavy atom. The van der Waals surface area contributed by atoms with Gasteiger partial charge in [0.1, 0.15) is 0 Å². The number of Topliss-reactive ketones (excluding diaryl/α,β-unsaturated/α-hetero) is 1. The molecule has 176 valence electrons. The van der Waals surface area contributed by atoms with Gasteiger partial charge in [-0.25, -0.2) is 4.79 Å². The minimum Gasteiger partial charge on any atom is -0.480 e. The number of hydrogen-bond donors (Lipinski definition) is 4. The molecule has 2 heterocycles. The highest BCUT2D eigenvalue weighted by atomic mass is 16.5. The summed E-state index contributed by atoms with van der Waals surface area (Å²) in [6, 6.07) is 15.2. The highest BCUT2D eigenvalue weighted by molar-refractivity contribution is 6.07. The molecule has 2 aromatic carbocycles. The Kier molecular flexibility index (Phi) is 6.01. The van der Waals surface area contributed by atoms with Crippen molar-refractivity contribution >= 4 is 39.5 Å². The number of aromatic amines is 2. The molecule has 0 bridgehead atoms. The van der Waals surface area contributed by atoms with Crippen LogP contribution in [0.5, 0.6) is 0 Å². The largest absolute Gasteiger partial charge is 0.480 e. The summed E-state index contributed by atoms with van der Waals surface area (Å²) in [5, 5.41) is 11.5. The first-order valence-corrected chi connectivity index (χ1v) is 11.0. The summed E-state index contributed by atoms with van der Waals surface area (Å²) < 4.78 is 4.92. The van der Waals surface area contributed by atoms with Gasteiger partial charge < -0.3 is 25.5 Å².